The summed E-state index contributed by atoms with van der Waals surface area (Å²) < 4.78 is 16.5. The van der Waals surface area contributed by atoms with Crippen LogP contribution in [0.1, 0.15) is 0 Å². The molecule has 0 saturated carbocycles. The first-order valence-electron chi connectivity index (χ1n) is 4.66. The van der Waals surface area contributed by atoms with E-state index in [1.165, 1.54) is 24.3 Å². The summed E-state index contributed by atoms with van der Waals surface area (Å²) in [4.78, 5) is 21.0. The third-order valence-corrected chi connectivity index (χ3v) is 3.40. The maximum atomic E-state index is 12.1. The second-order valence-corrected chi connectivity index (χ2v) is 4.38. The number of rotatable bonds is 4. The topological polar surface area (TPSA) is 86.5 Å². The Balaban J connectivity index is 3.31. The molecule has 7 heteroatoms. The van der Waals surface area contributed by atoms with E-state index in [0.29, 0.717) is 0 Å². The van der Waals surface area contributed by atoms with E-state index in [4.69, 9.17) is 0 Å². The average Bonchev–Trinajstić information content (AvgIpc) is 2.39. The molecule has 0 bridgehead atoms. The van der Waals surface area contributed by atoms with Crippen molar-refractivity contribution >= 4 is 22.5 Å². The number of carbonyl (C=O) groups is 1. The van der Waals surface area contributed by atoms with Gasteiger partial charge in [-0.2, -0.15) is 0 Å². The second-order valence-electron chi connectivity index (χ2n) is 2.99. The van der Waals surface area contributed by atoms with Gasteiger partial charge in [-0.1, -0.05) is 18.7 Å². The summed E-state index contributed by atoms with van der Waals surface area (Å²) in [7, 11) is -0.949. The second kappa shape index (κ2) is 5.90. The van der Waals surface area contributed by atoms with Gasteiger partial charge in [0.15, 0.2) is 4.91 Å². The highest BCUT2D eigenvalue weighted by Gasteiger charge is 2.25. The fourth-order valence-electron chi connectivity index (χ4n) is 1.18. The Labute approximate surface area is 105 Å². The fourth-order valence-corrected chi connectivity index (χ4v) is 2.30. The molecule has 0 N–H and O–H groups in total. The number of ether oxygens (including phenoxy) is 1. The largest absolute Gasteiger partial charge is 0.465 e. The zero-order valence-corrected chi connectivity index (χ0v) is 10.2. The molecule has 6 nitrogen and oxygen atoms in total. The van der Waals surface area contributed by atoms with Crippen LogP contribution < -0.4 is 0 Å². The first-order valence-corrected chi connectivity index (χ1v) is 5.81. The minimum Gasteiger partial charge on any atom is -0.465 e. The lowest BCUT2D eigenvalue weighted by molar-refractivity contribution is -0.387. The number of benzene rings is 1. The number of hydrogen-bond acceptors (Lipinski definition) is 5. The van der Waals surface area contributed by atoms with Crippen LogP contribution in [0, 0.1) is 10.1 Å². The first-order chi connectivity index (χ1) is 8.52. The molecule has 1 aromatic rings. The normalized spacial score (nSPS) is 11.2. The van der Waals surface area contributed by atoms with E-state index in [1.807, 2.05) is 0 Å². The van der Waals surface area contributed by atoms with Gasteiger partial charge >= 0.3 is 5.97 Å². The minimum atomic E-state index is -2.06. The van der Waals surface area contributed by atoms with Gasteiger partial charge in [-0.15, -0.1) is 5.73 Å². The van der Waals surface area contributed by atoms with Gasteiger partial charge in [-0.25, -0.2) is 9.00 Å². The quantitative estimate of drug-likeness (QED) is 0.271. The molecule has 1 unspecified atom stereocenters. The van der Waals surface area contributed by atoms with Gasteiger partial charge in [-0.05, 0) is 6.07 Å². The highest BCUT2D eigenvalue weighted by molar-refractivity contribution is 7.90. The molecule has 0 aliphatic heterocycles. The molecule has 0 saturated heterocycles. The van der Waals surface area contributed by atoms with E-state index in [-0.39, 0.29) is 15.5 Å². The molecule has 94 valence electrons. The van der Waals surface area contributed by atoms with Crippen molar-refractivity contribution in [1.82, 2.24) is 0 Å². The highest BCUT2D eigenvalue weighted by atomic mass is 32.2. The number of para-hydroxylation sites is 1. The number of hydrogen-bond donors (Lipinski definition) is 0. The molecule has 0 aromatic heterocycles. The van der Waals surface area contributed by atoms with Gasteiger partial charge in [0.2, 0.25) is 0 Å². The number of carbonyl (C=O) groups excluding carboxylic acids is 1. The molecular weight excluding hydrogens is 258 g/mol. The van der Waals surface area contributed by atoms with Gasteiger partial charge in [-0.3, -0.25) is 10.1 Å². The maximum Gasteiger partial charge on any atom is 0.355 e. The molecule has 0 spiro atoms. The van der Waals surface area contributed by atoms with Crippen molar-refractivity contribution in [3.05, 3.63) is 51.6 Å². The van der Waals surface area contributed by atoms with Crippen LogP contribution in [0.15, 0.2) is 46.4 Å². The molecule has 0 amide bonds. The van der Waals surface area contributed by atoms with Crippen molar-refractivity contribution in [2.24, 2.45) is 0 Å². The summed E-state index contributed by atoms with van der Waals surface area (Å²) in [5.74, 6) is -0.888. The molecule has 1 atom stereocenters. The van der Waals surface area contributed by atoms with Crippen LogP contribution in [0.4, 0.5) is 5.69 Å². The van der Waals surface area contributed by atoms with Crippen molar-refractivity contribution in [2.45, 2.75) is 4.90 Å². The number of nitro benzene ring substituents is 1. The summed E-state index contributed by atoms with van der Waals surface area (Å²) >= 11 is 0. The van der Waals surface area contributed by atoms with Crippen molar-refractivity contribution in [3.63, 3.8) is 0 Å². The van der Waals surface area contributed by atoms with Gasteiger partial charge in [0, 0.05) is 6.07 Å². The Morgan fingerprint density at radius 2 is 2.11 bits per heavy atom. The first kappa shape index (κ1) is 13.8. The van der Waals surface area contributed by atoms with Crippen molar-refractivity contribution in [3.8, 4) is 0 Å². The van der Waals surface area contributed by atoms with E-state index in [9.17, 15) is 19.1 Å². The predicted octanol–water partition coefficient (Wildman–Crippen LogP) is 1.54. The van der Waals surface area contributed by atoms with Crippen LogP contribution in [0.3, 0.4) is 0 Å². The molecular formula is C11H9NO5S. The Bertz CT molecular complexity index is 575. The van der Waals surface area contributed by atoms with E-state index < -0.39 is 21.7 Å². The smallest absolute Gasteiger partial charge is 0.355 e. The Morgan fingerprint density at radius 1 is 1.50 bits per heavy atom. The number of methoxy groups -OCH3 is 1. The van der Waals surface area contributed by atoms with Gasteiger partial charge in [0.1, 0.15) is 15.7 Å². The Kier molecular flexibility index (Phi) is 4.53. The maximum absolute atomic E-state index is 12.1. The third kappa shape index (κ3) is 2.71. The molecule has 1 rings (SSSR count). The SMILES string of the molecule is C=C=C(C(=O)OC)S(=O)c1ccccc1[N+](=O)[O-]. The summed E-state index contributed by atoms with van der Waals surface area (Å²) in [6.45, 7) is 3.23. The van der Waals surface area contributed by atoms with Crippen LogP contribution in [0.2, 0.25) is 0 Å². The molecule has 0 fully saturated rings. The van der Waals surface area contributed by atoms with Gasteiger partial charge < -0.3 is 4.74 Å². The fraction of sp³-hybridized carbons (Fsp3) is 0.0909. The number of nitrogens with zero attached hydrogens (tertiary/aromatic N) is 1. The lowest BCUT2D eigenvalue weighted by Gasteiger charge is -2.03. The monoisotopic (exact) mass is 267 g/mol. The molecule has 18 heavy (non-hydrogen) atoms. The lowest BCUT2D eigenvalue weighted by atomic mass is 10.3. The standard InChI is InChI=1S/C11H9NO5S/c1-3-9(11(13)17-2)18(16)10-7-5-4-6-8(10)12(14)15/h4-7H,1H2,2H3. The molecule has 0 aliphatic rings. The van der Waals surface area contributed by atoms with E-state index in [1.54, 1.807) is 0 Å². The summed E-state index contributed by atoms with van der Waals surface area (Å²) in [6.07, 6.45) is 0. The molecule has 0 aliphatic carbocycles. The Hall–Kier alpha value is -2.24. The Morgan fingerprint density at radius 3 is 2.61 bits per heavy atom. The summed E-state index contributed by atoms with van der Waals surface area (Å²) in [5, 5.41) is 10.8. The zero-order chi connectivity index (χ0) is 13.7. The van der Waals surface area contributed by atoms with Crippen LogP contribution in [-0.2, 0) is 20.3 Å². The zero-order valence-electron chi connectivity index (χ0n) is 9.41. The summed E-state index contributed by atoms with van der Waals surface area (Å²) in [5.41, 5.74) is 1.85. The number of nitro groups is 1. The van der Waals surface area contributed by atoms with Crippen molar-refractivity contribution in [1.29, 1.82) is 0 Å². The van der Waals surface area contributed by atoms with Gasteiger partial charge in [0.05, 0.1) is 12.0 Å². The lowest BCUT2D eigenvalue weighted by Crippen LogP contribution is -2.10. The van der Waals surface area contributed by atoms with E-state index in [0.717, 1.165) is 7.11 Å². The van der Waals surface area contributed by atoms with E-state index >= 15 is 0 Å². The van der Waals surface area contributed by atoms with Crippen LogP contribution >= 0.6 is 0 Å². The van der Waals surface area contributed by atoms with Crippen molar-refractivity contribution in [2.75, 3.05) is 7.11 Å². The minimum absolute atomic E-state index is 0.0981. The average molecular weight is 267 g/mol. The van der Waals surface area contributed by atoms with Crippen LogP contribution in [-0.4, -0.2) is 22.2 Å². The van der Waals surface area contributed by atoms with Crippen LogP contribution in [0.5, 0.6) is 0 Å². The van der Waals surface area contributed by atoms with Gasteiger partial charge in [0.25, 0.3) is 5.69 Å². The highest BCUT2D eigenvalue weighted by Crippen LogP contribution is 2.25. The number of esters is 1. The molecule has 1 aromatic carbocycles. The molecule has 0 radical (unpaired) electrons. The van der Waals surface area contributed by atoms with Crippen molar-refractivity contribution < 1.29 is 18.7 Å². The molecule has 0 heterocycles. The predicted molar refractivity (Wildman–Crippen MR) is 64.2 cm³/mol. The van der Waals surface area contributed by atoms with Crippen LogP contribution in [0.25, 0.3) is 0 Å². The third-order valence-electron chi connectivity index (χ3n) is 1.98. The summed E-state index contributed by atoms with van der Waals surface area (Å²) in [6, 6.07) is 5.42. The van der Waals surface area contributed by atoms with E-state index in [2.05, 4.69) is 17.0 Å².